The first-order valence-electron chi connectivity index (χ1n) is 11.3. The highest BCUT2D eigenvalue weighted by atomic mass is 16.5. The summed E-state index contributed by atoms with van der Waals surface area (Å²) in [6.45, 7) is 8.31. The zero-order valence-electron chi connectivity index (χ0n) is 19.3. The number of carbonyl (C=O) groups excluding carboxylic acids is 1. The minimum Gasteiger partial charge on any atom is -0.496 e. The van der Waals surface area contributed by atoms with Gasteiger partial charge in [0, 0.05) is 37.9 Å². The minimum absolute atomic E-state index is 0.0147. The van der Waals surface area contributed by atoms with Gasteiger partial charge in [-0.25, -0.2) is 0 Å². The van der Waals surface area contributed by atoms with E-state index in [0.29, 0.717) is 35.6 Å². The molecule has 0 bridgehead atoms. The topological polar surface area (TPSA) is 78.3 Å². The number of nitrogens with zero attached hydrogens (tertiary/aromatic N) is 4. The van der Waals surface area contributed by atoms with Crippen LogP contribution in [0.5, 0.6) is 5.75 Å². The van der Waals surface area contributed by atoms with Crippen molar-refractivity contribution in [1.82, 2.24) is 14.8 Å². The lowest BCUT2D eigenvalue weighted by Crippen LogP contribution is -2.57. The smallest absolute Gasteiger partial charge is 0.255 e. The third-order valence-electron chi connectivity index (χ3n) is 7.12. The van der Waals surface area contributed by atoms with Gasteiger partial charge in [-0.1, -0.05) is 11.2 Å². The number of benzene rings is 1. The van der Waals surface area contributed by atoms with Crippen molar-refractivity contribution in [2.45, 2.75) is 52.1 Å². The van der Waals surface area contributed by atoms with Crippen molar-refractivity contribution in [2.75, 3.05) is 26.7 Å². The van der Waals surface area contributed by atoms with Gasteiger partial charge in [0.1, 0.15) is 11.5 Å². The molecule has 4 rings (SSSR count). The molecule has 32 heavy (non-hydrogen) atoms. The Morgan fingerprint density at radius 3 is 2.66 bits per heavy atom. The van der Waals surface area contributed by atoms with Gasteiger partial charge < -0.3 is 14.8 Å². The van der Waals surface area contributed by atoms with Crippen LogP contribution >= 0.6 is 0 Å². The number of carbonyl (C=O) groups is 1. The number of ether oxygens (including phenoxy) is 1. The maximum absolute atomic E-state index is 13.1. The molecule has 0 aliphatic carbocycles. The van der Waals surface area contributed by atoms with Gasteiger partial charge in [-0.3, -0.25) is 14.7 Å². The lowest BCUT2D eigenvalue weighted by Gasteiger charge is -2.48. The number of pyridine rings is 1. The Labute approximate surface area is 189 Å². The first-order chi connectivity index (χ1) is 15.4. The fraction of sp³-hybridized carbons (Fsp3) is 0.480. The average molecular weight is 437 g/mol. The molecule has 7 heteroatoms. The quantitative estimate of drug-likeness (QED) is 0.446. The number of aromatic nitrogens is 1. The fourth-order valence-corrected chi connectivity index (χ4v) is 5.14. The summed E-state index contributed by atoms with van der Waals surface area (Å²) in [5.74, 6) is 0.954. The molecule has 3 heterocycles. The van der Waals surface area contributed by atoms with E-state index in [1.165, 1.54) is 16.7 Å². The lowest BCUT2D eigenvalue weighted by molar-refractivity contribution is 0.0101. The molecule has 2 aliphatic heterocycles. The van der Waals surface area contributed by atoms with Gasteiger partial charge in [-0.2, -0.15) is 0 Å². The SMILES string of the molecule is COc1ccc([C@H]2CCC[C@H]3CN(C(=O)c4ccc(/C(C)=N/O)nc4)CCN32)c(C)c1C. The van der Waals surface area contributed by atoms with Gasteiger partial charge in [-0.15, -0.1) is 0 Å². The van der Waals surface area contributed by atoms with E-state index in [-0.39, 0.29) is 5.91 Å². The summed E-state index contributed by atoms with van der Waals surface area (Å²) in [7, 11) is 1.72. The second-order valence-electron chi connectivity index (χ2n) is 8.81. The molecule has 2 fully saturated rings. The van der Waals surface area contributed by atoms with Crippen LogP contribution in [0.2, 0.25) is 0 Å². The molecular formula is C25H32N4O3. The van der Waals surface area contributed by atoms with Gasteiger partial charge in [0.15, 0.2) is 0 Å². The van der Waals surface area contributed by atoms with Gasteiger partial charge in [0.25, 0.3) is 5.91 Å². The maximum atomic E-state index is 13.1. The highest BCUT2D eigenvalue weighted by Crippen LogP contribution is 2.39. The van der Waals surface area contributed by atoms with E-state index in [1.807, 2.05) is 4.90 Å². The van der Waals surface area contributed by atoms with E-state index in [0.717, 1.165) is 38.1 Å². The van der Waals surface area contributed by atoms with E-state index in [4.69, 9.17) is 9.94 Å². The number of piperidine rings is 1. The minimum atomic E-state index is 0.0147. The largest absolute Gasteiger partial charge is 0.496 e. The van der Waals surface area contributed by atoms with Crippen molar-refractivity contribution < 1.29 is 14.7 Å². The van der Waals surface area contributed by atoms with Crippen LogP contribution in [-0.4, -0.2) is 64.4 Å². The van der Waals surface area contributed by atoms with Crippen LogP contribution < -0.4 is 4.74 Å². The molecule has 1 aromatic carbocycles. The van der Waals surface area contributed by atoms with E-state index in [2.05, 4.69) is 41.0 Å². The summed E-state index contributed by atoms with van der Waals surface area (Å²) in [6.07, 6.45) is 4.99. The second kappa shape index (κ2) is 9.28. The van der Waals surface area contributed by atoms with Gasteiger partial charge in [0.05, 0.1) is 18.4 Å². The molecule has 1 aromatic heterocycles. The molecule has 2 aliphatic rings. The highest BCUT2D eigenvalue weighted by molar-refractivity contribution is 5.98. The Kier molecular flexibility index (Phi) is 6.46. The molecule has 1 amide bonds. The van der Waals surface area contributed by atoms with Crippen LogP contribution in [0.25, 0.3) is 0 Å². The van der Waals surface area contributed by atoms with Crippen LogP contribution in [0, 0.1) is 13.8 Å². The van der Waals surface area contributed by atoms with Crippen molar-refractivity contribution in [2.24, 2.45) is 5.16 Å². The van der Waals surface area contributed by atoms with E-state index < -0.39 is 0 Å². The number of methoxy groups -OCH3 is 1. The third-order valence-corrected chi connectivity index (χ3v) is 7.12. The molecule has 0 saturated carbocycles. The molecule has 0 spiro atoms. The maximum Gasteiger partial charge on any atom is 0.255 e. The van der Waals surface area contributed by atoms with Crippen LogP contribution in [0.3, 0.4) is 0 Å². The Morgan fingerprint density at radius 2 is 1.97 bits per heavy atom. The average Bonchev–Trinajstić information content (AvgIpc) is 2.84. The summed E-state index contributed by atoms with van der Waals surface area (Å²) < 4.78 is 5.50. The van der Waals surface area contributed by atoms with Gasteiger partial charge in [0.2, 0.25) is 0 Å². The number of rotatable bonds is 4. The predicted octanol–water partition coefficient (Wildman–Crippen LogP) is 3.96. The van der Waals surface area contributed by atoms with E-state index >= 15 is 0 Å². The molecule has 2 aromatic rings. The van der Waals surface area contributed by atoms with Crippen molar-refractivity contribution in [3.8, 4) is 5.75 Å². The van der Waals surface area contributed by atoms with E-state index in [9.17, 15) is 4.79 Å². The highest BCUT2D eigenvalue weighted by Gasteiger charge is 2.37. The first kappa shape index (κ1) is 22.3. The number of oxime groups is 1. The number of piperazine rings is 1. The third kappa shape index (κ3) is 4.09. The Morgan fingerprint density at radius 1 is 1.16 bits per heavy atom. The number of fused-ring (bicyclic) bond motifs is 1. The summed E-state index contributed by atoms with van der Waals surface area (Å²) in [5, 5.41) is 12.1. The van der Waals surface area contributed by atoms with Crippen molar-refractivity contribution in [3.63, 3.8) is 0 Å². The van der Waals surface area contributed by atoms with Crippen LogP contribution in [-0.2, 0) is 0 Å². The first-order valence-corrected chi connectivity index (χ1v) is 11.3. The summed E-state index contributed by atoms with van der Waals surface area (Å²) in [6, 6.07) is 8.54. The van der Waals surface area contributed by atoms with Crippen molar-refractivity contribution in [3.05, 3.63) is 58.4 Å². The van der Waals surface area contributed by atoms with Gasteiger partial charge in [-0.05, 0) is 74.9 Å². The van der Waals surface area contributed by atoms with Crippen LogP contribution in [0.1, 0.15) is 65.0 Å². The fourth-order valence-electron chi connectivity index (χ4n) is 5.14. The van der Waals surface area contributed by atoms with Gasteiger partial charge >= 0.3 is 0 Å². The monoisotopic (exact) mass is 436 g/mol. The van der Waals surface area contributed by atoms with Crippen LogP contribution in [0.15, 0.2) is 35.6 Å². The summed E-state index contributed by atoms with van der Waals surface area (Å²) >= 11 is 0. The lowest BCUT2D eigenvalue weighted by atomic mass is 9.86. The Hall–Kier alpha value is -2.93. The molecule has 0 radical (unpaired) electrons. The standard InChI is InChI=1S/C25H32N4O3/c1-16-17(2)24(32-4)11-9-21(16)23-7-5-6-20-15-28(12-13-29(20)23)25(30)19-8-10-22(26-14-19)18(3)27-31/h8-11,14,20,23,31H,5-7,12-13,15H2,1-4H3/b27-18+/t20-,23+/m0/s1. The molecule has 170 valence electrons. The molecule has 7 nitrogen and oxygen atoms in total. The van der Waals surface area contributed by atoms with Crippen LogP contribution in [0.4, 0.5) is 0 Å². The summed E-state index contributed by atoms with van der Waals surface area (Å²) in [4.78, 5) is 22.0. The van der Waals surface area contributed by atoms with Crippen molar-refractivity contribution >= 4 is 11.6 Å². The van der Waals surface area contributed by atoms with E-state index in [1.54, 1.807) is 32.4 Å². The zero-order chi connectivity index (χ0) is 22.8. The molecule has 0 unspecified atom stereocenters. The molecule has 1 N–H and O–H groups in total. The number of hydrogen-bond acceptors (Lipinski definition) is 6. The summed E-state index contributed by atoms with van der Waals surface area (Å²) in [5.41, 5.74) is 5.46. The molecule has 2 atom stereocenters. The zero-order valence-corrected chi connectivity index (χ0v) is 19.3. The normalized spacial score (nSPS) is 21.9. The van der Waals surface area contributed by atoms with Crippen molar-refractivity contribution in [1.29, 1.82) is 0 Å². The number of hydrogen-bond donors (Lipinski definition) is 1. The second-order valence-corrected chi connectivity index (χ2v) is 8.81. The predicted molar refractivity (Wildman–Crippen MR) is 124 cm³/mol. The molecular weight excluding hydrogens is 404 g/mol. The number of amides is 1. The Balaban J connectivity index is 1.49. The Bertz CT molecular complexity index is 1020. The molecule has 2 saturated heterocycles.